The van der Waals surface area contributed by atoms with Crippen molar-refractivity contribution in [3.05, 3.63) is 52.2 Å². The van der Waals surface area contributed by atoms with Gasteiger partial charge in [0.25, 0.3) is 5.91 Å². The Bertz CT molecular complexity index is 641. The number of amides is 2. The fourth-order valence-electron chi connectivity index (χ4n) is 2.02. The lowest BCUT2D eigenvalue weighted by Crippen LogP contribution is -2.26. The molecule has 0 spiro atoms. The van der Waals surface area contributed by atoms with E-state index in [9.17, 15) is 9.59 Å². The Morgan fingerprint density at radius 3 is 2.78 bits per heavy atom. The second-order valence-corrected chi connectivity index (χ2v) is 5.91. The maximum Gasteiger partial charge on any atom is 0.261 e. The van der Waals surface area contributed by atoms with Crippen LogP contribution in [-0.4, -0.2) is 25.5 Å². The van der Waals surface area contributed by atoms with E-state index in [0.717, 1.165) is 11.3 Å². The Labute approximate surface area is 139 Å². The van der Waals surface area contributed by atoms with Gasteiger partial charge in [0.2, 0.25) is 5.91 Å². The van der Waals surface area contributed by atoms with Gasteiger partial charge >= 0.3 is 0 Å². The van der Waals surface area contributed by atoms with Crippen LogP contribution in [-0.2, 0) is 11.3 Å². The van der Waals surface area contributed by atoms with Gasteiger partial charge in [-0.3, -0.25) is 9.59 Å². The highest BCUT2D eigenvalue weighted by Crippen LogP contribution is 2.12. The van der Waals surface area contributed by atoms with Gasteiger partial charge in [-0.15, -0.1) is 11.3 Å². The highest BCUT2D eigenvalue weighted by molar-refractivity contribution is 7.12. The lowest BCUT2D eigenvalue weighted by atomic mass is 10.2. The van der Waals surface area contributed by atoms with Gasteiger partial charge in [0.1, 0.15) is 5.75 Å². The lowest BCUT2D eigenvalue weighted by molar-refractivity contribution is -0.121. The highest BCUT2D eigenvalue weighted by atomic mass is 32.1. The van der Waals surface area contributed by atoms with E-state index in [1.54, 1.807) is 13.2 Å². The Morgan fingerprint density at radius 1 is 1.17 bits per heavy atom. The molecular formula is C17H20N2O3S. The minimum absolute atomic E-state index is 0.0295. The zero-order valence-electron chi connectivity index (χ0n) is 13.0. The summed E-state index contributed by atoms with van der Waals surface area (Å²) in [7, 11) is 1.61. The highest BCUT2D eigenvalue weighted by Gasteiger charge is 2.06. The Kier molecular flexibility index (Phi) is 6.62. The van der Waals surface area contributed by atoms with Gasteiger partial charge in [0, 0.05) is 19.5 Å². The summed E-state index contributed by atoms with van der Waals surface area (Å²) < 4.78 is 5.14. The molecule has 0 aliphatic carbocycles. The molecule has 122 valence electrons. The Morgan fingerprint density at radius 2 is 2.04 bits per heavy atom. The van der Waals surface area contributed by atoms with Crippen LogP contribution in [0.25, 0.3) is 0 Å². The molecule has 2 N–H and O–H groups in total. The van der Waals surface area contributed by atoms with Crippen LogP contribution in [0.2, 0.25) is 0 Å². The lowest BCUT2D eigenvalue weighted by Gasteiger charge is -2.07. The smallest absolute Gasteiger partial charge is 0.261 e. The zero-order chi connectivity index (χ0) is 16.5. The average Bonchev–Trinajstić information content (AvgIpc) is 3.11. The number of rotatable bonds is 8. The first-order chi connectivity index (χ1) is 11.2. The number of benzene rings is 1. The maximum atomic E-state index is 11.8. The first-order valence-electron chi connectivity index (χ1n) is 7.40. The summed E-state index contributed by atoms with van der Waals surface area (Å²) in [6, 6.07) is 11.2. The van der Waals surface area contributed by atoms with Crippen LogP contribution in [0.3, 0.4) is 0 Å². The van der Waals surface area contributed by atoms with Crippen LogP contribution in [0.5, 0.6) is 5.75 Å². The van der Waals surface area contributed by atoms with Crippen LogP contribution in [0.1, 0.15) is 28.1 Å². The molecule has 0 aliphatic heterocycles. The number of nitrogens with one attached hydrogen (secondary N) is 2. The van der Waals surface area contributed by atoms with Gasteiger partial charge in [-0.1, -0.05) is 18.2 Å². The van der Waals surface area contributed by atoms with Crippen molar-refractivity contribution in [2.24, 2.45) is 0 Å². The van der Waals surface area contributed by atoms with E-state index >= 15 is 0 Å². The van der Waals surface area contributed by atoms with Crippen molar-refractivity contribution < 1.29 is 14.3 Å². The van der Waals surface area contributed by atoms with Gasteiger partial charge in [-0.2, -0.15) is 0 Å². The van der Waals surface area contributed by atoms with Gasteiger partial charge in [-0.05, 0) is 35.6 Å². The van der Waals surface area contributed by atoms with E-state index in [4.69, 9.17) is 4.74 Å². The van der Waals surface area contributed by atoms with Crippen LogP contribution < -0.4 is 15.4 Å². The molecule has 0 fully saturated rings. The Balaban J connectivity index is 1.62. The molecule has 0 saturated heterocycles. The number of ether oxygens (including phenoxy) is 1. The molecule has 0 bridgehead atoms. The fourth-order valence-corrected chi connectivity index (χ4v) is 2.66. The van der Waals surface area contributed by atoms with Crippen LogP contribution >= 0.6 is 11.3 Å². The van der Waals surface area contributed by atoms with E-state index in [1.165, 1.54) is 11.3 Å². The van der Waals surface area contributed by atoms with Crippen molar-refractivity contribution >= 4 is 23.2 Å². The third kappa shape index (κ3) is 5.75. The van der Waals surface area contributed by atoms with Gasteiger partial charge in [0.15, 0.2) is 0 Å². The van der Waals surface area contributed by atoms with E-state index in [-0.39, 0.29) is 11.8 Å². The van der Waals surface area contributed by atoms with Gasteiger partial charge in [0.05, 0.1) is 12.0 Å². The van der Waals surface area contributed by atoms with Crippen molar-refractivity contribution in [3.63, 3.8) is 0 Å². The summed E-state index contributed by atoms with van der Waals surface area (Å²) in [5.41, 5.74) is 0.990. The second-order valence-electron chi connectivity index (χ2n) is 4.97. The number of methoxy groups -OCH3 is 1. The van der Waals surface area contributed by atoms with Crippen LogP contribution in [0, 0.1) is 0 Å². The van der Waals surface area contributed by atoms with Gasteiger partial charge < -0.3 is 15.4 Å². The van der Waals surface area contributed by atoms with Crippen molar-refractivity contribution in [1.82, 2.24) is 10.6 Å². The predicted octanol–water partition coefficient (Wildman–Crippen LogP) is 2.58. The summed E-state index contributed by atoms with van der Waals surface area (Å²) in [5.74, 6) is 0.656. The van der Waals surface area contributed by atoms with E-state index in [2.05, 4.69) is 10.6 Å². The van der Waals surface area contributed by atoms with Crippen molar-refractivity contribution in [1.29, 1.82) is 0 Å². The third-order valence-electron chi connectivity index (χ3n) is 3.23. The largest absolute Gasteiger partial charge is 0.497 e. The van der Waals surface area contributed by atoms with E-state index in [1.807, 2.05) is 35.7 Å². The molecule has 6 heteroatoms. The van der Waals surface area contributed by atoms with Crippen molar-refractivity contribution in [3.8, 4) is 5.75 Å². The summed E-state index contributed by atoms with van der Waals surface area (Å²) in [6.45, 7) is 0.959. The molecule has 2 amide bonds. The molecule has 1 aromatic heterocycles. The molecule has 0 atom stereocenters. The van der Waals surface area contributed by atoms with E-state index < -0.39 is 0 Å². The molecule has 1 aromatic carbocycles. The average molecular weight is 332 g/mol. The quantitative estimate of drug-likeness (QED) is 0.730. The molecule has 2 aromatic rings. The summed E-state index contributed by atoms with van der Waals surface area (Å²) >= 11 is 1.40. The molecule has 0 saturated carbocycles. The number of carbonyl (C=O) groups excluding carboxylic acids is 2. The first-order valence-corrected chi connectivity index (χ1v) is 8.28. The minimum Gasteiger partial charge on any atom is -0.497 e. The van der Waals surface area contributed by atoms with Crippen LogP contribution in [0.15, 0.2) is 41.8 Å². The van der Waals surface area contributed by atoms with Crippen LogP contribution in [0.4, 0.5) is 0 Å². The normalized spacial score (nSPS) is 10.1. The number of hydrogen-bond acceptors (Lipinski definition) is 4. The monoisotopic (exact) mass is 332 g/mol. The maximum absolute atomic E-state index is 11.8. The SMILES string of the molecule is COc1cccc(CNC(=O)CCCNC(=O)c2cccs2)c1. The molecule has 0 unspecified atom stereocenters. The van der Waals surface area contributed by atoms with Crippen molar-refractivity contribution in [2.75, 3.05) is 13.7 Å². The fraction of sp³-hybridized carbons (Fsp3) is 0.294. The van der Waals surface area contributed by atoms with Gasteiger partial charge in [-0.25, -0.2) is 0 Å². The number of hydrogen-bond donors (Lipinski definition) is 2. The first kappa shape index (κ1) is 17.0. The van der Waals surface area contributed by atoms with E-state index in [0.29, 0.717) is 30.8 Å². The Hall–Kier alpha value is -2.34. The number of carbonyl (C=O) groups is 2. The summed E-state index contributed by atoms with van der Waals surface area (Å²) in [4.78, 5) is 24.2. The molecule has 1 heterocycles. The second kappa shape index (κ2) is 8.95. The molecule has 23 heavy (non-hydrogen) atoms. The third-order valence-corrected chi connectivity index (χ3v) is 4.10. The topological polar surface area (TPSA) is 67.4 Å². The molecule has 5 nitrogen and oxygen atoms in total. The van der Waals surface area contributed by atoms with Crippen molar-refractivity contribution in [2.45, 2.75) is 19.4 Å². The molecule has 2 rings (SSSR count). The molecular weight excluding hydrogens is 312 g/mol. The summed E-state index contributed by atoms with van der Waals surface area (Å²) in [5, 5.41) is 7.53. The molecule has 0 radical (unpaired) electrons. The standard InChI is InChI=1S/C17H20N2O3S/c1-22-14-6-2-5-13(11-14)12-19-16(20)8-3-9-18-17(21)15-7-4-10-23-15/h2,4-7,10-11H,3,8-9,12H2,1H3,(H,18,21)(H,19,20). The number of thiophene rings is 1. The minimum atomic E-state index is -0.0863. The summed E-state index contributed by atoms with van der Waals surface area (Å²) in [6.07, 6.45) is 0.996. The predicted molar refractivity (Wildman–Crippen MR) is 90.7 cm³/mol. The molecule has 0 aliphatic rings. The zero-order valence-corrected chi connectivity index (χ0v) is 13.8.